The highest BCUT2D eigenvalue weighted by Gasteiger charge is 2.15. The van der Waals surface area contributed by atoms with Crippen LogP contribution >= 0.6 is 11.6 Å². The largest absolute Gasteiger partial charge is 0.326 e. The summed E-state index contributed by atoms with van der Waals surface area (Å²) < 4.78 is 39.5. The third-order valence-corrected chi connectivity index (χ3v) is 4.39. The first-order valence-electron chi connectivity index (χ1n) is 5.69. The summed E-state index contributed by atoms with van der Waals surface area (Å²) in [6.45, 7) is 0.138. The zero-order valence-corrected chi connectivity index (χ0v) is 11.9. The van der Waals surface area contributed by atoms with E-state index in [1.807, 2.05) is 0 Å². The molecule has 0 atom stereocenters. The first-order valence-corrected chi connectivity index (χ1v) is 7.55. The molecule has 3 N–H and O–H groups in total. The molecule has 0 saturated carbocycles. The topological polar surface area (TPSA) is 72.2 Å². The van der Waals surface area contributed by atoms with Crippen LogP contribution in [0.3, 0.4) is 0 Å². The maximum Gasteiger partial charge on any atom is 0.261 e. The Morgan fingerprint density at radius 2 is 1.80 bits per heavy atom. The molecule has 0 unspecified atom stereocenters. The number of sulfonamides is 1. The van der Waals surface area contributed by atoms with E-state index < -0.39 is 15.8 Å². The molecule has 0 bridgehead atoms. The molecule has 2 rings (SSSR count). The summed E-state index contributed by atoms with van der Waals surface area (Å²) in [4.78, 5) is 0.0478. The molecule has 0 aliphatic rings. The van der Waals surface area contributed by atoms with Gasteiger partial charge in [0.15, 0.2) is 0 Å². The Kier molecular flexibility index (Phi) is 4.27. The van der Waals surface area contributed by atoms with Crippen molar-refractivity contribution in [2.24, 2.45) is 5.73 Å². The van der Waals surface area contributed by atoms with Crippen LogP contribution in [0.1, 0.15) is 5.56 Å². The van der Waals surface area contributed by atoms with Crippen molar-refractivity contribution in [1.82, 2.24) is 0 Å². The van der Waals surface area contributed by atoms with Crippen LogP contribution in [0.4, 0.5) is 10.1 Å². The standard InChI is InChI=1S/C13H12ClFN2O2S/c14-13-6-5-12(7-9(13)8-16)20(18,19)17-11-3-1-10(15)2-4-11/h1-7,17H,8,16H2. The summed E-state index contributed by atoms with van der Waals surface area (Å²) in [7, 11) is -3.76. The molecule has 0 fully saturated rings. The van der Waals surface area contributed by atoms with Crippen LogP contribution in [-0.4, -0.2) is 8.42 Å². The Balaban J connectivity index is 2.33. The van der Waals surface area contributed by atoms with Crippen LogP contribution in [-0.2, 0) is 16.6 Å². The van der Waals surface area contributed by atoms with Gasteiger partial charge in [-0.3, -0.25) is 4.72 Å². The maximum atomic E-state index is 12.8. The number of halogens is 2. The molecule has 0 amide bonds. The molecule has 0 heterocycles. The van der Waals surface area contributed by atoms with E-state index in [4.69, 9.17) is 17.3 Å². The van der Waals surface area contributed by atoms with Gasteiger partial charge in [0, 0.05) is 17.3 Å². The molecule has 7 heteroatoms. The molecular weight excluding hydrogens is 303 g/mol. The van der Waals surface area contributed by atoms with Crippen molar-refractivity contribution in [2.45, 2.75) is 11.4 Å². The van der Waals surface area contributed by atoms with Crippen LogP contribution in [0.25, 0.3) is 0 Å². The van der Waals surface area contributed by atoms with Crippen molar-refractivity contribution in [2.75, 3.05) is 4.72 Å². The van der Waals surface area contributed by atoms with E-state index in [1.165, 1.54) is 42.5 Å². The second-order valence-corrected chi connectivity index (χ2v) is 6.16. The molecule has 2 aromatic carbocycles. The molecule has 20 heavy (non-hydrogen) atoms. The van der Waals surface area contributed by atoms with E-state index in [0.29, 0.717) is 10.6 Å². The van der Waals surface area contributed by atoms with Crippen molar-refractivity contribution in [3.8, 4) is 0 Å². The Morgan fingerprint density at radius 1 is 1.15 bits per heavy atom. The number of hydrogen-bond acceptors (Lipinski definition) is 3. The van der Waals surface area contributed by atoms with Gasteiger partial charge in [-0.15, -0.1) is 0 Å². The van der Waals surface area contributed by atoms with E-state index in [2.05, 4.69) is 4.72 Å². The quantitative estimate of drug-likeness (QED) is 0.911. The molecule has 0 spiro atoms. The third kappa shape index (κ3) is 3.27. The molecule has 2 aromatic rings. The van der Waals surface area contributed by atoms with Gasteiger partial charge in [0.1, 0.15) is 5.82 Å². The lowest BCUT2D eigenvalue weighted by Gasteiger charge is -2.10. The SMILES string of the molecule is NCc1cc(S(=O)(=O)Nc2ccc(F)cc2)ccc1Cl. The number of anilines is 1. The summed E-state index contributed by atoms with van der Waals surface area (Å²) in [6, 6.07) is 9.29. The van der Waals surface area contributed by atoms with Gasteiger partial charge < -0.3 is 5.73 Å². The highest BCUT2D eigenvalue weighted by molar-refractivity contribution is 7.92. The van der Waals surface area contributed by atoms with Crippen LogP contribution < -0.4 is 10.5 Å². The lowest BCUT2D eigenvalue weighted by molar-refractivity contribution is 0.601. The van der Waals surface area contributed by atoms with Crippen molar-refractivity contribution < 1.29 is 12.8 Å². The molecule has 106 valence electrons. The maximum absolute atomic E-state index is 12.8. The third-order valence-electron chi connectivity index (χ3n) is 2.64. The van der Waals surface area contributed by atoms with Gasteiger partial charge in [0.2, 0.25) is 0 Å². The summed E-state index contributed by atoms with van der Waals surface area (Å²) in [5, 5.41) is 0.410. The summed E-state index contributed by atoms with van der Waals surface area (Å²) in [6.07, 6.45) is 0. The van der Waals surface area contributed by atoms with Crippen LogP contribution in [0.15, 0.2) is 47.4 Å². The lowest BCUT2D eigenvalue weighted by Crippen LogP contribution is -2.13. The molecule has 0 aromatic heterocycles. The predicted octanol–water partition coefficient (Wildman–Crippen LogP) is 2.74. The average Bonchev–Trinajstić information content (AvgIpc) is 2.41. The Hall–Kier alpha value is -1.63. The fourth-order valence-corrected chi connectivity index (χ4v) is 2.91. The van der Waals surface area contributed by atoms with Gasteiger partial charge in [0.05, 0.1) is 4.90 Å². The second kappa shape index (κ2) is 5.78. The van der Waals surface area contributed by atoms with Crippen LogP contribution in [0.5, 0.6) is 0 Å². The van der Waals surface area contributed by atoms with Crippen molar-refractivity contribution in [1.29, 1.82) is 0 Å². The molecular formula is C13H12ClFN2O2S. The van der Waals surface area contributed by atoms with Gasteiger partial charge in [-0.05, 0) is 48.0 Å². The Labute approximate surface area is 121 Å². The molecule has 4 nitrogen and oxygen atoms in total. The van der Waals surface area contributed by atoms with E-state index in [1.54, 1.807) is 0 Å². The monoisotopic (exact) mass is 314 g/mol. The Morgan fingerprint density at radius 3 is 2.40 bits per heavy atom. The molecule has 0 radical (unpaired) electrons. The number of hydrogen-bond donors (Lipinski definition) is 2. The first kappa shape index (κ1) is 14.8. The summed E-state index contributed by atoms with van der Waals surface area (Å²) in [5.74, 6) is -0.440. The highest BCUT2D eigenvalue weighted by Crippen LogP contribution is 2.22. The summed E-state index contributed by atoms with van der Waals surface area (Å²) in [5.41, 5.74) is 6.30. The van der Waals surface area contributed by atoms with Crippen LogP contribution in [0, 0.1) is 5.82 Å². The predicted molar refractivity (Wildman–Crippen MR) is 76.6 cm³/mol. The molecule has 0 aliphatic heterocycles. The Bertz CT molecular complexity index is 718. The van der Waals surface area contributed by atoms with E-state index >= 15 is 0 Å². The van der Waals surface area contributed by atoms with Gasteiger partial charge in [-0.1, -0.05) is 11.6 Å². The lowest BCUT2D eigenvalue weighted by atomic mass is 10.2. The number of rotatable bonds is 4. The minimum Gasteiger partial charge on any atom is -0.326 e. The fraction of sp³-hybridized carbons (Fsp3) is 0.0769. The van der Waals surface area contributed by atoms with E-state index in [9.17, 15) is 12.8 Å². The second-order valence-electron chi connectivity index (χ2n) is 4.07. The van der Waals surface area contributed by atoms with Crippen molar-refractivity contribution in [3.05, 3.63) is 58.9 Å². The van der Waals surface area contributed by atoms with Gasteiger partial charge in [0.25, 0.3) is 10.0 Å². The summed E-state index contributed by atoms with van der Waals surface area (Å²) >= 11 is 5.89. The van der Waals surface area contributed by atoms with Gasteiger partial charge in [-0.25, -0.2) is 12.8 Å². The zero-order valence-electron chi connectivity index (χ0n) is 10.3. The van der Waals surface area contributed by atoms with E-state index in [0.717, 1.165) is 0 Å². The highest BCUT2D eigenvalue weighted by atomic mass is 35.5. The number of benzene rings is 2. The molecule has 0 saturated heterocycles. The minimum absolute atomic E-state index is 0.0478. The van der Waals surface area contributed by atoms with Crippen molar-refractivity contribution >= 4 is 27.3 Å². The fourth-order valence-electron chi connectivity index (χ4n) is 1.61. The number of nitrogens with one attached hydrogen (secondary N) is 1. The minimum atomic E-state index is -3.76. The van der Waals surface area contributed by atoms with E-state index in [-0.39, 0.29) is 17.1 Å². The van der Waals surface area contributed by atoms with Crippen LogP contribution in [0.2, 0.25) is 5.02 Å². The van der Waals surface area contributed by atoms with Gasteiger partial charge >= 0.3 is 0 Å². The smallest absolute Gasteiger partial charge is 0.261 e. The van der Waals surface area contributed by atoms with Gasteiger partial charge in [-0.2, -0.15) is 0 Å². The average molecular weight is 315 g/mol. The normalized spacial score (nSPS) is 11.3. The number of nitrogens with two attached hydrogens (primary N) is 1. The zero-order chi connectivity index (χ0) is 14.8. The molecule has 0 aliphatic carbocycles. The first-order chi connectivity index (χ1) is 9.42. The van der Waals surface area contributed by atoms with Crippen molar-refractivity contribution in [3.63, 3.8) is 0 Å².